The van der Waals surface area contributed by atoms with Crippen LogP contribution in [0.4, 0.5) is 5.69 Å². The Labute approximate surface area is 176 Å². The van der Waals surface area contributed by atoms with Gasteiger partial charge in [0.1, 0.15) is 0 Å². The predicted octanol–water partition coefficient (Wildman–Crippen LogP) is 3.01. The van der Waals surface area contributed by atoms with E-state index in [9.17, 15) is 0 Å². The van der Waals surface area contributed by atoms with Crippen LogP contribution in [0.3, 0.4) is 0 Å². The summed E-state index contributed by atoms with van der Waals surface area (Å²) >= 11 is 0. The first-order valence-electron chi connectivity index (χ1n) is 8.32. The second kappa shape index (κ2) is 10.4. The number of nitrogens with zero attached hydrogens (tertiary/aromatic N) is 2. The van der Waals surface area contributed by atoms with Gasteiger partial charge in [-0.2, -0.15) is 0 Å². The molecule has 0 N–H and O–H groups in total. The monoisotopic (exact) mass is 451 g/mol. The number of benzene rings is 2. The smallest absolute Gasteiger partial charge is 1.00 e. The van der Waals surface area contributed by atoms with Crippen molar-refractivity contribution in [3.8, 4) is 11.3 Å². The van der Waals surface area contributed by atoms with Crippen molar-refractivity contribution in [3.63, 3.8) is 0 Å². The Bertz CT molecular complexity index is 861. The zero-order valence-electron chi connectivity index (χ0n) is 15.1. The van der Waals surface area contributed by atoms with E-state index >= 15 is 0 Å². The summed E-state index contributed by atoms with van der Waals surface area (Å²) in [5, 5.41) is 0. The fourth-order valence-electron chi connectivity index (χ4n) is 2.72. The summed E-state index contributed by atoms with van der Waals surface area (Å²) in [6.45, 7) is 6.41. The molecule has 0 radical (unpaired) electrons. The van der Waals surface area contributed by atoms with E-state index in [2.05, 4.69) is 44.2 Å². The van der Waals surface area contributed by atoms with Gasteiger partial charge in [-0.3, -0.25) is 4.99 Å². The number of halogens is 1. The van der Waals surface area contributed by atoms with Gasteiger partial charge in [0.2, 0.25) is 0 Å². The number of aromatic nitrogens is 1. The number of rotatable bonds is 4. The van der Waals surface area contributed by atoms with Gasteiger partial charge in [-0.25, -0.2) is 4.98 Å². The van der Waals surface area contributed by atoms with Crippen LogP contribution in [0.15, 0.2) is 77.8 Å². The summed E-state index contributed by atoms with van der Waals surface area (Å²) in [5.74, 6) is 0.446. The second-order valence-electron chi connectivity index (χ2n) is 6.18. The Balaban J connectivity index is 0.00000169. The van der Waals surface area contributed by atoms with Crippen molar-refractivity contribution in [1.29, 1.82) is 0 Å². The van der Waals surface area contributed by atoms with Gasteiger partial charge in [-0.1, -0.05) is 68.4 Å². The topological polar surface area (TPSA) is 25.2 Å². The summed E-state index contributed by atoms with van der Waals surface area (Å²) < 4.78 is 0. The summed E-state index contributed by atoms with van der Waals surface area (Å²) in [4.78, 5) is 9.62. The van der Waals surface area contributed by atoms with Crippen LogP contribution in [0.5, 0.6) is 0 Å². The molecule has 0 aliphatic carbocycles. The van der Waals surface area contributed by atoms with E-state index in [0.717, 1.165) is 28.4 Å². The number of hydrogen-bond donors (Lipinski definition) is 0. The van der Waals surface area contributed by atoms with Crippen LogP contribution in [-0.2, 0) is 16.5 Å². The van der Waals surface area contributed by atoms with Gasteiger partial charge in [-0.15, -0.1) is 0 Å². The van der Waals surface area contributed by atoms with Gasteiger partial charge in [0, 0.05) is 5.56 Å². The van der Waals surface area contributed by atoms with Crippen molar-refractivity contribution in [2.75, 3.05) is 0 Å². The maximum atomic E-state index is 4.84. The largest absolute Gasteiger partial charge is 2.00 e. The van der Waals surface area contributed by atoms with E-state index in [1.165, 1.54) is 5.56 Å². The average molecular weight is 453 g/mol. The average Bonchev–Trinajstić information content (AvgIpc) is 2.63. The van der Waals surface area contributed by atoms with E-state index < -0.39 is 0 Å². The van der Waals surface area contributed by atoms with E-state index in [4.69, 9.17) is 9.98 Å². The minimum absolute atomic E-state index is 0. The summed E-state index contributed by atoms with van der Waals surface area (Å²) in [6, 6.07) is 24.6. The first-order chi connectivity index (χ1) is 11.6. The third kappa shape index (κ3) is 5.36. The maximum Gasteiger partial charge on any atom is 2.00 e. The SMILES string of the molecule is CC(=Nc1ccccc1C(C)C)c1cccc(-c2ccccc2)n1.[Br-].[Ni+2]. The summed E-state index contributed by atoms with van der Waals surface area (Å²) in [5.41, 5.74) is 6.22. The molecule has 0 aliphatic rings. The van der Waals surface area contributed by atoms with Gasteiger partial charge in [0.25, 0.3) is 0 Å². The Hall–Kier alpha value is -1.77. The van der Waals surface area contributed by atoms with Crippen LogP contribution in [0.25, 0.3) is 11.3 Å². The molecule has 2 aromatic carbocycles. The Morgan fingerprint density at radius 2 is 1.50 bits per heavy atom. The van der Waals surface area contributed by atoms with Crippen molar-refractivity contribution in [3.05, 3.63) is 84.1 Å². The van der Waals surface area contributed by atoms with E-state index in [0.29, 0.717) is 5.92 Å². The molecular weight excluding hydrogens is 431 g/mol. The van der Waals surface area contributed by atoms with Crippen molar-refractivity contribution in [1.82, 2.24) is 4.98 Å². The van der Waals surface area contributed by atoms with Crippen molar-refractivity contribution in [2.45, 2.75) is 26.7 Å². The van der Waals surface area contributed by atoms with Crippen LogP contribution >= 0.6 is 0 Å². The molecule has 0 unspecified atom stereocenters. The van der Waals surface area contributed by atoms with Crippen LogP contribution in [-0.4, -0.2) is 10.7 Å². The zero-order valence-corrected chi connectivity index (χ0v) is 17.7. The fraction of sp³-hybridized carbons (Fsp3) is 0.182. The quantitative estimate of drug-likeness (QED) is 0.441. The number of hydrogen-bond acceptors (Lipinski definition) is 2. The molecule has 0 spiro atoms. The molecular formula is C22H22BrN2Ni+. The van der Waals surface area contributed by atoms with Crippen LogP contribution < -0.4 is 17.0 Å². The molecule has 0 fully saturated rings. The standard InChI is InChI=1S/C22H22N2.BrH.Ni/c1-16(2)19-12-7-8-13-22(19)23-17(3)20-14-9-15-21(24-20)18-10-5-4-6-11-18;;/h4-16H,1-3H3;1H;/q;;+2/p-1. The predicted molar refractivity (Wildman–Crippen MR) is 102 cm³/mol. The molecule has 0 amide bonds. The molecule has 0 bridgehead atoms. The molecule has 136 valence electrons. The van der Waals surface area contributed by atoms with Crippen molar-refractivity contribution < 1.29 is 33.5 Å². The molecule has 0 aliphatic heterocycles. The molecule has 3 rings (SSSR count). The number of aliphatic imine (C=N–C) groups is 1. The third-order valence-corrected chi connectivity index (χ3v) is 4.04. The van der Waals surface area contributed by atoms with Gasteiger partial charge in [0.05, 0.1) is 22.8 Å². The van der Waals surface area contributed by atoms with Crippen molar-refractivity contribution >= 4 is 11.4 Å². The zero-order chi connectivity index (χ0) is 16.9. The van der Waals surface area contributed by atoms with Crippen LogP contribution in [0.2, 0.25) is 0 Å². The Morgan fingerprint density at radius 3 is 2.19 bits per heavy atom. The van der Waals surface area contributed by atoms with Crippen LogP contribution in [0, 0.1) is 0 Å². The molecule has 4 heteroatoms. The first kappa shape index (κ1) is 22.3. The van der Waals surface area contributed by atoms with Gasteiger partial charge < -0.3 is 17.0 Å². The molecule has 1 heterocycles. The molecule has 2 nitrogen and oxygen atoms in total. The van der Waals surface area contributed by atoms with Crippen molar-refractivity contribution in [2.24, 2.45) is 4.99 Å². The second-order valence-corrected chi connectivity index (χ2v) is 6.18. The molecule has 0 atom stereocenters. The summed E-state index contributed by atoms with van der Waals surface area (Å²) in [6.07, 6.45) is 0. The third-order valence-electron chi connectivity index (χ3n) is 4.04. The normalized spacial score (nSPS) is 10.8. The van der Waals surface area contributed by atoms with E-state index in [1.54, 1.807) is 0 Å². The van der Waals surface area contributed by atoms with Crippen LogP contribution in [0.1, 0.15) is 37.9 Å². The first-order valence-corrected chi connectivity index (χ1v) is 8.32. The molecule has 0 saturated carbocycles. The minimum atomic E-state index is 0. The van der Waals surface area contributed by atoms with Gasteiger partial charge >= 0.3 is 16.5 Å². The number of para-hydroxylation sites is 1. The van der Waals surface area contributed by atoms with Gasteiger partial charge in [-0.05, 0) is 36.6 Å². The molecule has 0 saturated heterocycles. The van der Waals surface area contributed by atoms with Gasteiger partial charge in [0.15, 0.2) is 0 Å². The number of pyridine rings is 1. The minimum Gasteiger partial charge on any atom is -1.00 e. The Morgan fingerprint density at radius 1 is 0.846 bits per heavy atom. The maximum absolute atomic E-state index is 4.84. The molecule has 3 aromatic rings. The fourth-order valence-corrected chi connectivity index (χ4v) is 2.72. The van der Waals surface area contributed by atoms with E-state index in [-0.39, 0.29) is 33.5 Å². The Kier molecular flexibility index (Phi) is 8.91. The molecule has 26 heavy (non-hydrogen) atoms. The molecule has 1 aromatic heterocycles. The summed E-state index contributed by atoms with van der Waals surface area (Å²) in [7, 11) is 0. The van der Waals surface area contributed by atoms with E-state index in [1.807, 2.05) is 49.4 Å².